The lowest BCUT2D eigenvalue weighted by Crippen LogP contribution is -2.11. The van der Waals surface area contributed by atoms with Gasteiger partial charge in [-0.2, -0.15) is 0 Å². The third-order valence-corrected chi connectivity index (χ3v) is 4.51. The maximum Gasteiger partial charge on any atom is 0.0107 e. The van der Waals surface area contributed by atoms with E-state index in [2.05, 4.69) is 65.8 Å². The molecule has 1 aromatic carbocycles. The Hall–Kier alpha value is -0.430. The Balaban J connectivity index is 2.85. The summed E-state index contributed by atoms with van der Waals surface area (Å²) in [5.74, 6) is 0.725. The number of benzene rings is 1. The van der Waals surface area contributed by atoms with Crippen LogP contribution in [0.25, 0.3) is 0 Å². The fourth-order valence-corrected chi connectivity index (χ4v) is 2.79. The van der Waals surface area contributed by atoms with E-state index >= 15 is 0 Å². The maximum absolute atomic E-state index is 2.32. The van der Waals surface area contributed by atoms with Crippen LogP contribution in [0, 0.1) is 11.3 Å². The summed E-state index contributed by atoms with van der Waals surface area (Å²) < 4.78 is 0. The molecule has 0 aliphatic rings. The highest BCUT2D eigenvalue weighted by Crippen LogP contribution is 2.33. The van der Waals surface area contributed by atoms with E-state index in [9.17, 15) is 0 Å². The number of rotatable bonds is 4. The fourth-order valence-electron chi connectivity index (χ4n) is 1.67. The Morgan fingerprint density at radius 1 is 1.06 bits per heavy atom. The molecule has 0 bridgehead atoms. The molecule has 0 spiro atoms. The minimum absolute atomic E-state index is 0.359. The van der Waals surface area contributed by atoms with Crippen LogP contribution in [0.15, 0.2) is 29.2 Å². The smallest absolute Gasteiger partial charge is 0.0107 e. The molecule has 0 saturated heterocycles. The van der Waals surface area contributed by atoms with Gasteiger partial charge in [0.1, 0.15) is 0 Å². The molecule has 0 N–H and O–H groups in total. The Morgan fingerprint density at radius 2 is 1.65 bits per heavy atom. The third-order valence-electron chi connectivity index (χ3n) is 2.95. The van der Waals surface area contributed by atoms with Crippen LogP contribution < -0.4 is 0 Å². The second kappa shape index (κ2) is 5.95. The van der Waals surface area contributed by atoms with Gasteiger partial charge in [0.2, 0.25) is 0 Å². The molecule has 0 aromatic heterocycles. The van der Waals surface area contributed by atoms with Crippen LogP contribution >= 0.6 is 11.8 Å². The van der Waals surface area contributed by atoms with Crippen LogP contribution in [0.2, 0.25) is 0 Å². The van der Waals surface area contributed by atoms with Crippen molar-refractivity contribution >= 4 is 11.8 Å². The van der Waals surface area contributed by atoms with Crippen LogP contribution in [0.5, 0.6) is 0 Å². The summed E-state index contributed by atoms with van der Waals surface area (Å²) in [4.78, 5) is 1.46. The average molecular weight is 250 g/mol. The molecule has 1 atom stereocenters. The molecule has 0 fully saturated rings. The number of thioether (sulfide) groups is 1. The van der Waals surface area contributed by atoms with Crippen molar-refractivity contribution in [2.24, 2.45) is 11.3 Å². The van der Waals surface area contributed by atoms with E-state index in [-0.39, 0.29) is 0 Å². The Bertz CT molecular complexity index is 347. The van der Waals surface area contributed by atoms with E-state index in [0.717, 1.165) is 12.3 Å². The molecule has 17 heavy (non-hydrogen) atoms. The molecule has 0 unspecified atom stereocenters. The van der Waals surface area contributed by atoms with Crippen molar-refractivity contribution in [3.8, 4) is 0 Å². The highest BCUT2D eigenvalue weighted by molar-refractivity contribution is 8.00. The second-order valence-corrected chi connectivity index (χ2v) is 7.83. The molecule has 0 nitrogen and oxygen atoms in total. The van der Waals surface area contributed by atoms with Crippen molar-refractivity contribution in [3.05, 3.63) is 29.8 Å². The van der Waals surface area contributed by atoms with E-state index in [4.69, 9.17) is 0 Å². The summed E-state index contributed by atoms with van der Waals surface area (Å²) in [6.45, 7) is 13.8. The standard InChI is InChI=1S/C16H26S/c1-12(2)13(3)17-15-10-8-7-9-14(15)11-16(4,5)6/h7-10,12-13H,11H2,1-6H3/t13-/m0/s1. The van der Waals surface area contributed by atoms with Gasteiger partial charge in [0.05, 0.1) is 0 Å². The molecule has 1 heteroatoms. The van der Waals surface area contributed by atoms with Crippen LogP contribution in [-0.2, 0) is 6.42 Å². The molecular formula is C16H26S. The third kappa shape index (κ3) is 5.16. The molecule has 0 heterocycles. The van der Waals surface area contributed by atoms with Crippen molar-refractivity contribution in [1.29, 1.82) is 0 Å². The molecule has 0 amide bonds. The Kier molecular flexibility index (Phi) is 5.12. The topological polar surface area (TPSA) is 0 Å². The minimum Gasteiger partial charge on any atom is -0.122 e. The first-order valence-electron chi connectivity index (χ1n) is 6.54. The number of hydrogen-bond donors (Lipinski definition) is 0. The molecular weight excluding hydrogens is 224 g/mol. The van der Waals surface area contributed by atoms with Gasteiger partial charge in [0.15, 0.2) is 0 Å². The van der Waals surface area contributed by atoms with E-state index in [1.807, 2.05) is 11.8 Å². The summed E-state index contributed by atoms with van der Waals surface area (Å²) in [6, 6.07) is 8.86. The molecule has 0 radical (unpaired) electrons. The van der Waals surface area contributed by atoms with Crippen molar-refractivity contribution in [1.82, 2.24) is 0 Å². The first-order chi connectivity index (χ1) is 7.79. The van der Waals surface area contributed by atoms with Crippen LogP contribution in [-0.4, -0.2) is 5.25 Å². The summed E-state index contributed by atoms with van der Waals surface area (Å²) in [6.07, 6.45) is 1.15. The Morgan fingerprint density at radius 3 is 2.18 bits per heavy atom. The molecule has 1 aromatic rings. The average Bonchev–Trinajstić information content (AvgIpc) is 2.18. The van der Waals surface area contributed by atoms with Gasteiger partial charge in [-0.25, -0.2) is 0 Å². The van der Waals surface area contributed by atoms with Crippen molar-refractivity contribution < 1.29 is 0 Å². The molecule has 0 aliphatic carbocycles. The van der Waals surface area contributed by atoms with Gasteiger partial charge in [0.25, 0.3) is 0 Å². The van der Waals surface area contributed by atoms with Gasteiger partial charge in [-0.15, -0.1) is 11.8 Å². The van der Waals surface area contributed by atoms with Crippen molar-refractivity contribution in [2.75, 3.05) is 0 Å². The van der Waals surface area contributed by atoms with Crippen molar-refractivity contribution in [3.63, 3.8) is 0 Å². The van der Waals surface area contributed by atoms with Crippen LogP contribution in [0.3, 0.4) is 0 Å². The van der Waals surface area contributed by atoms with Gasteiger partial charge < -0.3 is 0 Å². The predicted octanol–water partition coefficient (Wildman–Crippen LogP) is 5.41. The first-order valence-corrected chi connectivity index (χ1v) is 7.42. The van der Waals surface area contributed by atoms with E-state index in [0.29, 0.717) is 10.7 Å². The summed E-state index contributed by atoms with van der Waals surface area (Å²) in [5, 5.41) is 0.677. The quantitative estimate of drug-likeness (QED) is 0.644. The highest BCUT2D eigenvalue weighted by atomic mass is 32.2. The minimum atomic E-state index is 0.359. The van der Waals surface area contributed by atoms with Gasteiger partial charge in [0, 0.05) is 10.1 Å². The fraction of sp³-hybridized carbons (Fsp3) is 0.625. The summed E-state index contributed by atoms with van der Waals surface area (Å²) in [5.41, 5.74) is 1.86. The lowest BCUT2D eigenvalue weighted by molar-refractivity contribution is 0.408. The van der Waals surface area contributed by atoms with Gasteiger partial charge in [-0.3, -0.25) is 0 Å². The zero-order valence-electron chi connectivity index (χ0n) is 12.1. The summed E-state index contributed by atoms with van der Waals surface area (Å²) in [7, 11) is 0. The molecule has 0 saturated carbocycles. The van der Waals surface area contributed by atoms with E-state index < -0.39 is 0 Å². The molecule has 1 rings (SSSR count). The molecule has 0 aliphatic heterocycles. The monoisotopic (exact) mass is 250 g/mol. The van der Waals surface area contributed by atoms with E-state index in [1.54, 1.807) is 0 Å². The van der Waals surface area contributed by atoms with Gasteiger partial charge in [-0.05, 0) is 29.4 Å². The first kappa shape index (κ1) is 14.6. The lowest BCUT2D eigenvalue weighted by Gasteiger charge is -2.22. The van der Waals surface area contributed by atoms with Crippen LogP contribution in [0.1, 0.15) is 47.1 Å². The van der Waals surface area contributed by atoms with Crippen LogP contribution in [0.4, 0.5) is 0 Å². The zero-order valence-corrected chi connectivity index (χ0v) is 12.9. The van der Waals surface area contributed by atoms with Gasteiger partial charge in [-0.1, -0.05) is 59.7 Å². The largest absolute Gasteiger partial charge is 0.122 e. The van der Waals surface area contributed by atoms with E-state index in [1.165, 1.54) is 10.5 Å². The lowest BCUT2D eigenvalue weighted by atomic mass is 9.88. The predicted molar refractivity (Wildman–Crippen MR) is 79.8 cm³/mol. The highest BCUT2D eigenvalue weighted by Gasteiger charge is 2.16. The molecule has 96 valence electrons. The Labute approximate surface area is 111 Å². The number of hydrogen-bond acceptors (Lipinski definition) is 1. The SMILES string of the molecule is CC(C)[C@H](C)Sc1ccccc1CC(C)(C)C. The van der Waals surface area contributed by atoms with Gasteiger partial charge >= 0.3 is 0 Å². The normalized spacial score (nSPS) is 14.1. The zero-order chi connectivity index (χ0) is 13.1. The van der Waals surface area contributed by atoms with Crippen molar-refractivity contribution in [2.45, 2.75) is 58.1 Å². The summed E-state index contributed by atoms with van der Waals surface area (Å²) >= 11 is 2.02. The second-order valence-electron chi connectivity index (χ2n) is 6.41. The maximum atomic E-state index is 2.32.